The number of nitrogens with zero attached hydrogens (tertiary/aromatic N) is 4. The normalized spacial score (nSPS) is 13.2. The van der Waals surface area contributed by atoms with E-state index >= 15 is 0 Å². The molecule has 0 saturated carbocycles. The molecule has 1 aliphatic rings. The predicted molar refractivity (Wildman–Crippen MR) is 110 cm³/mol. The molecule has 3 aromatic rings. The number of hydrogen-bond donors (Lipinski definition) is 0. The number of ether oxygens (including phenoxy) is 1. The van der Waals surface area contributed by atoms with Crippen LogP contribution >= 0.6 is 0 Å². The lowest BCUT2D eigenvalue weighted by atomic mass is 10.1. The standard InChI is InChI=1S/C22H24N4O2/c1-2-28-19-6-4-17(5-7-19)10-15-25-13-3-14-26-21(27)16-20(24-22(25)26)18-8-11-23-12-9-18/h4-9,11-12,16H,2-3,10,13-15H2,1H3. The fourth-order valence-electron chi connectivity index (χ4n) is 3.53. The van der Waals surface area contributed by atoms with Gasteiger partial charge in [0.05, 0.1) is 12.3 Å². The van der Waals surface area contributed by atoms with Gasteiger partial charge < -0.3 is 9.64 Å². The lowest BCUT2D eigenvalue weighted by Gasteiger charge is -2.31. The van der Waals surface area contributed by atoms with Gasteiger partial charge >= 0.3 is 0 Å². The van der Waals surface area contributed by atoms with Crippen LogP contribution < -0.4 is 15.2 Å². The second kappa shape index (κ2) is 8.25. The molecule has 4 rings (SSSR count). The van der Waals surface area contributed by atoms with Crippen molar-refractivity contribution in [1.82, 2.24) is 14.5 Å². The Hall–Kier alpha value is -3.15. The first kappa shape index (κ1) is 18.2. The van der Waals surface area contributed by atoms with Gasteiger partial charge in [0.25, 0.3) is 5.56 Å². The minimum atomic E-state index is 0.00239. The summed E-state index contributed by atoms with van der Waals surface area (Å²) < 4.78 is 7.29. The van der Waals surface area contributed by atoms with E-state index in [1.807, 2.05) is 31.2 Å². The highest BCUT2D eigenvalue weighted by atomic mass is 16.5. The highest BCUT2D eigenvalue weighted by Crippen LogP contribution is 2.22. The number of anilines is 1. The molecule has 0 atom stereocenters. The van der Waals surface area contributed by atoms with E-state index < -0.39 is 0 Å². The van der Waals surface area contributed by atoms with Crippen LogP contribution in [0.3, 0.4) is 0 Å². The van der Waals surface area contributed by atoms with Gasteiger partial charge in [-0.2, -0.15) is 0 Å². The van der Waals surface area contributed by atoms with Crippen molar-refractivity contribution in [3.05, 3.63) is 70.8 Å². The quantitative estimate of drug-likeness (QED) is 0.661. The Labute approximate surface area is 164 Å². The van der Waals surface area contributed by atoms with Crippen LogP contribution in [0.1, 0.15) is 18.9 Å². The molecular formula is C22H24N4O2. The number of benzene rings is 1. The highest BCUT2D eigenvalue weighted by Gasteiger charge is 2.20. The maximum atomic E-state index is 12.6. The van der Waals surface area contributed by atoms with Gasteiger partial charge in [-0.05, 0) is 49.6 Å². The first-order chi connectivity index (χ1) is 13.7. The summed E-state index contributed by atoms with van der Waals surface area (Å²) in [5.41, 5.74) is 2.86. The van der Waals surface area contributed by atoms with E-state index in [0.29, 0.717) is 12.3 Å². The zero-order valence-corrected chi connectivity index (χ0v) is 16.0. The summed E-state index contributed by atoms with van der Waals surface area (Å²) in [6, 6.07) is 13.6. The molecule has 2 aromatic heterocycles. The minimum Gasteiger partial charge on any atom is -0.494 e. The van der Waals surface area contributed by atoms with Crippen molar-refractivity contribution >= 4 is 5.95 Å². The lowest BCUT2D eigenvalue weighted by Crippen LogP contribution is -2.39. The van der Waals surface area contributed by atoms with E-state index in [2.05, 4.69) is 22.0 Å². The maximum absolute atomic E-state index is 12.6. The van der Waals surface area contributed by atoms with Crippen LogP contribution in [0.4, 0.5) is 5.95 Å². The fourth-order valence-corrected chi connectivity index (χ4v) is 3.53. The summed E-state index contributed by atoms with van der Waals surface area (Å²) in [7, 11) is 0. The molecule has 28 heavy (non-hydrogen) atoms. The number of aromatic nitrogens is 3. The maximum Gasteiger partial charge on any atom is 0.255 e. The van der Waals surface area contributed by atoms with Crippen molar-refractivity contribution in [3.63, 3.8) is 0 Å². The third-order valence-electron chi connectivity index (χ3n) is 4.96. The average molecular weight is 376 g/mol. The molecule has 0 spiro atoms. The van der Waals surface area contributed by atoms with Crippen molar-refractivity contribution in [1.29, 1.82) is 0 Å². The molecule has 0 bridgehead atoms. The lowest BCUT2D eigenvalue weighted by molar-refractivity contribution is 0.340. The zero-order chi connectivity index (χ0) is 19.3. The number of pyridine rings is 1. The Morgan fingerprint density at radius 3 is 2.61 bits per heavy atom. The third kappa shape index (κ3) is 3.91. The second-order valence-corrected chi connectivity index (χ2v) is 6.83. The van der Waals surface area contributed by atoms with E-state index in [9.17, 15) is 4.79 Å². The Bertz CT molecular complexity index is 984. The summed E-state index contributed by atoms with van der Waals surface area (Å²) in [6.45, 7) is 5.10. The van der Waals surface area contributed by atoms with E-state index in [1.54, 1.807) is 23.0 Å². The van der Waals surface area contributed by atoms with Gasteiger partial charge in [-0.15, -0.1) is 0 Å². The second-order valence-electron chi connectivity index (χ2n) is 6.83. The summed E-state index contributed by atoms with van der Waals surface area (Å²) in [5.74, 6) is 1.65. The molecule has 144 valence electrons. The molecule has 0 fully saturated rings. The Morgan fingerprint density at radius 1 is 1.07 bits per heavy atom. The Morgan fingerprint density at radius 2 is 1.86 bits per heavy atom. The topological polar surface area (TPSA) is 60.2 Å². The Balaban J connectivity index is 1.56. The molecule has 0 amide bonds. The van der Waals surface area contributed by atoms with E-state index in [0.717, 1.165) is 49.7 Å². The van der Waals surface area contributed by atoms with E-state index in [-0.39, 0.29) is 5.56 Å². The highest BCUT2D eigenvalue weighted by molar-refractivity contribution is 5.59. The smallest absolute Gasteiger partial charge is 0.255 e. The van der Waals surface area contributed by atoms with Crippen molar-refractivity contribution in [2.24, 2.45) is 0 Å². The number of hydrogen-bond acceptors (Lipinski definition) is 5. The predicted octanol–water partition coefficient (Wildman–Crippen LogP) is 3.16. The molecule has 1 aromatic carbocycles. The molecule has 3 heterocycles. The molecule has 6 heteroatoms. The van der Waals surface area contributed by atoms with Crippen LogP contribution in [0, 0.1) is 0 Å². The van der Waals surface area contributed by atoms with Crippen LogP contribution in [0.2, 0.25) is 0 Å². The van der Waals surface area contributed by atoms with Gasteiger partial charge in [-0.1, -0.05) is 12.1 Å². The zero-order valence-electron chi connectivity index (χ0n) is 16.0. The number of rotatable bonds is 6. The van der Waals surface area contributed by atoms with Gasteiger partial charge in [-0.3, -0.25) is 14.3 Å². The monoisotopic (exact) mass is 376 g/mol. The van der Waals surface area contributed by atoms with Crippen molar-refractivity contribution in [3.8, 4) is 17.0 Å². The van der Waals surface area contributed by atoms with Crippen molar-refractivity contribution in [2.75, 3.05) is 24.6 Å². The summed E-state index contributed by atoms with van der Waals surface area (Å²) in [4.78, 5) is 23.7. The van der Waals surface area contributed by atoms with Crippen LogP contribution in [-0.2, 0) is 13.0 Å². The molecule has 0 unspecified atom stereocenters. The minimum absolute atomic E-state index is 0.00239. The van der Waals surface area contributed by atoms with Gasteiger partial charge in [-0.25, -0.2) is 4.98 Å². The summed E-state index contributed by atoms with van der Waals surface area (Å²) >= 11 is 0. The first-order valence-electron chi connectivity index (χ1n) is 9.73. The van der Waals surface area contributed by atoms with Crippen LogP contribution in [0.15, 0.2) is 59.7 Å². The van der Waals surface area contributed by atoms with E-state index in [4.69, 9.17) is 9.72 Å². The largest absolute Gasteiger partial charge is 0.494 e. The van der Waals surface area contributed by atoms with Crippen LogP contribution in [-0.4, -0.2) is 34.2 Å². The fraction of sp³-hybridized carbons (Fsp3) is 0.318. The molecule has 6 nitrogen and oxygen atoms in total. The molecular weight excluding hydrogens is 352 g/mol. The first-order valence-corrected chi connectivity index (χ1v) is 9.73. The van der Waals surface area contributed by atoms with Crippen LogP contribution in [0.25, 0.3) is 11.3 Å². The van der Waals surface area contributed by atoms with Gasteiger partial charge in [0.1, 0.15) is 5.75 Å². The van der Waals surface area contributed by atoms with Gasteiger partial charge in [0, 0.05) is 43.7 Å². The summed E-state index contributed by atoms with van der Waals surface area (Å²) in [6.07, 6.45) is 5.28. The molecule has 0 aliphatic carbocycles. The average Bonchev–Trinajstić information content (AvgIpc) is 2.74. The molecule has 0 radical (unpaired) electrons. The van der Waals surface area contributed by atoms with Gasteiger partial charge in [0.15, 0.2) is 0 Å². The van der Waals surface area contributed by atoms with Crippen LogP contribution in [0.5, 0.6) is 5.75 Å². The van der Waals surface area contributed by atoms with Gasteiger partial charge in [0.2, 0.25) is 5.95 Å². The molecule has 0 N–H and O–H groups in total. The molecule has 0 saturated heterocycles. The van der Waals surface area contributed by atoms with E-state index in [1.165, 1.54) is 5.56 Å². The Kier molecular flexibility index (Phi) is 5.37. The number of fused-ring (bicyclic) bond motifs is 1. The summed E-state index contributed by atoms with van der Waals surface area (Å²) in [5, 5.41) is 0. The third-order valence-corrected chi connectivity index (χ3v) is 4.96. The molecule has 1 aliphatic heterocycles. The van der Waals surface area contributed by atoms with Crippen molar-refractivity contribution < 1.29 is 4.74 Å². The van der Waals surface area contributed by atoms with Crippen molar-refractivity contribution in [2.45, 2.75) is 26.3 Å². The SMILES string of the molecule is CCOc1ccc(CCN2CCCn3c2nc(-c2ccncc2)cc3=O)cc1.